The third kappa shape index (κ3) is 3.22. The van der Waals surface area contributed by atoms with Gasteiger partial charge in [-0.2, -0.15) is 0 Å². The molecule has 1 fully saturated rings. The highest BCUT2D eigenvalue weighted by molar-refractivity contribution is 7.80. The molecule has 1 heterocycles. The Morgan fingerprint density at radius 2 is 2.30 bits per heavy atom. The van der Waals surface area contributed by atoms with E-state index in [2.05, 4.69) is 10.2 Å². The summed E-state index contributed by atoms with van der Waals surface area (Å²) in [6.07, 6.45) is 1.86. The van der Waals surface area contributed by atoms with E-state index in [4.69, 9.17) is 29.6 Å². The van der Waals surface area contributed by atoms with Crippen LogP contribution in [0.2, 0.25) is 5.02 Å². The lowest BCUT2D eigenvalue weighted by Crippen LogP contribution is -2.42. The fourth-order valence-electron chi connectivity index (χ4n) is 2.59. The summed E-state index contributed by atoms with van der Waals surface area (Å²) in [5.41, 5.74) is 7.50. The van der Waals surface area contributed by atoms with E-state index in [1.807, 2.05) is 12.1 Å². The summed E-state index contributed by atoms with van der Waals surface area (Å²) >= 11 is 11.2. The molecule has 2 rings (SSSR count). The molecule has 0 saturated carbocycles. The van der Waals surface area contributed by atoms with Gasteiger partial charge in [-0.25, -0.2) is 0 Å². The van der Waals surface area contributed by atoms with Gasteiger partial charge in [-0.15, -0.1) is 0 Å². The number of carbonyl (C=O) groups excluding carboxylic acids is 1. The van der Waals surface area contributed by atoms with Crippen LogP contribution in [-0.4, -0.2) is 31.0 Å². The Kier molecular flexibility index (Phi) is 4.83. The van der Waals surface area contributed by atoms with Crippen LogP contribution in [0, 0.1) is 5.92 Å². The van der Waals surface area contributed by atoms with Crippen LogP contribution in [0.15, 0.2) is 18.2 Å². The number of nitrogens with zero attached hydrogens (tertiary/aromatic N) is 1. The summed E-state index contributed by atoms with van der Waals surface area (Å²) in [6.45, 7) is 1.54. The molecule has 1 aliphatic heterocycles. The molecule has 3 N–H and O–H groups in total. The average Bonchev–Trinajstić information content (AvgIpc) is 2.46. The van der Waals surface area contributed by atoms with Gasteiger partial charge in [0.1, 0.15) is 4.99 Å². The van der Waals surface area contributed by atoms with Crippen molar-refractivity contribution in [3.63, 3.8) is 0 Å². The van der Waals surface area contributed by atoms with E-state index in [9.17, 15) is 4.79 Å². The van der Waals surface area contributed by atoms with Gasteiger partial charge in [0.05, 0.1) is 5.92 Å². The van der Waals surface area contributed by atoms with Crippen molar-refractivity contribution < 1.29 is 4.79 Å². The molecule has 1 unspecified atom stereocenters. The minimum Gasteiger partial charge on any atom is -0.389 e. The van der Waals surface area contributed by atoms with E-state index in [1.54, 1.807) is 13.1 Å². The summed E-state index contributed by atoms with van der Waals surface area (Å²) in [7, 11) is 1.67. The van der Waals surface area contributed by atoms with Crippen molar-refractivity contribution in [2.45, 2.75) is 12.8 Å². The van der Waals surface area contributed by atoms with Crippen molar-refractivity contribution in [3.8, 4) is 0 Å². The maximum absolute atomic E-state index is 11.8. The van der Waals surface area contributed by atoms with Crippen LogP contribution < -0.4 is 16.0 Å². The van der Waals surface area contributed by atoms with Gasteiger partial charge in [0, 0.05) is 36.4 Å². The molecule has 0 radical (unpaired) electrons. The third-order valence-electron chi connectivity index (χ3n) is 3.60. The van der Waals surface area contributed by atoms with Crippen LogP contribution in [0.1, 0.15) is 18.4 Å². The maximum atomic E-state index is 11.8. The molecule has 4 nitrogen and oxygen atoms in total. The molecule has 0 spiro atoms. The summed E-state index contributed by atoms with van der Waals surface area (Å²) < 4.78 is 0. The van der Waals surface area contributed by atoms with Crippen molar-refractivity contribution in [3.05, 3.63) is 28.8 Å². The predicted molar refractivity (Wildman–Crippen MR) is 86.3 cm³/mol. The molecule has 0 aromatic heterocycles. The number of rotatable bonds is 3. The van der Waals surface area contributed by atoms with Crippen LogP contribution in [-0.2, 0) is 4.79 Å². The Balaban J connectivity index is 2.28. The maximum Gasteiger partial charge on any atom is 0.224 e. The number of nitrogens with two attached hydrogens (primary N) is 1. The van der Waals surface area contributed by atoms with Crippen molar-refractivity contribution in [1.29, 1.82) is 0 Å². The monoisotopic (exact) mass is 311 g/mol. The SMILES string of the molecule is CNC(=O)C1CCCN(c2cc(Cl)ccc2C(N)=S)C1. The number of anilines is 1. The molecule has 6 heteroatoms. The molecular formula is C14H18ClN3OS. The minimum absolute atomic E-state index is 0.00747. The zero-order valence-electron chi connectivity index (χ0n) is 11.4. The number of amides is 1. The normalized spacial score (nSPS) is 18.7. The third-order valence-corrected chi connectivity index (χ3v) is 4.06. The van der Waals surface area contributed by atoms with Gasteiger partial charge >= 0.3 is 0 Å². The van der Waals surface area contributed by atoms with Gasteiger partial charge in [-0.05, 0) is 31.0 Å². The van der Waals surface area contributed by atoms with Crippen molar-refractivity contribution >= 4 is 40.4 Å². The second kappa shape index (κ2) is 6.41. The van der Waals surface area contributed by atoms with Crippen LogP contribution in [0.4, 0.5) is 5.69 Å². The highest BCUT2D eigenvalue weighted by Crippen LogP contribution is 2.29. The van der Waals surface area contributed by atoms with E-state index in [0.29, 0.717) is 16.6 Å². The van der Waals surface area contributed by atoms with E-state index < -0.39 is 0 Å². The largest absolute Gasteiger partial charge is 0.389 e. The lowest BCUT2D eigenvalue weighted by atomic mass is 9.96. The van der Waals surface area contributed by atoms with Gasteiger partial charge in [-0.3, -0.25) is 4.79 Å². The van der Waals surface area contributed by atoms with Gasteiger partial charge < -0.3 is 16.0 Å². The molecule has 1 saturated heterocycles. The second-order valence-electron chi connectivity index (χ2n) is 4.93. The minimum atomic E-state index is -0.00747. The standard InChI is InChI=1S/C14H18ClN3OS/c1-17-14(19)9-3-2-6-18(8-9)12-7-10(15)4-5-11(12)13(16)20/h4-5,7,9H,2-3,6,8H2,1H3,(H2,16,20)(H,17,19). The van der Waals surface area contributed by atoms with Crippen LogP contribution in [0.3, 0.4) is 0 Å². The lowest BCUT2D eigenvalue weighted by molar-refractivity contribution is -0.124. The zero-order chi connectivity index (χ0) is 14.7. The number of carbonyl (C=O) groups is 1. The van der Waals surface area contributed by atoms with Crippen LogP contribution in [0.5, 0.6) is 0 Å². The van der Waals surface area contributed by atoms with Crippen molar-refractivity contribution in [2.24, 2.45) is 11.7 Å². The predicted octanol–water partition coefficient (Wildman–Crippen LogP) is 1.94. The molecule has 20 heavy (non-hydrogen) atoms. The molecule has 1 aliphatic rings. The smallest absolute Gasteiger partial charge is 0.224 e. The van der Waals surface area contributed by atoms with E-state index in [1.165, 1.54) is 0 Å². The quantitative estimate of drug-likeness (QED) is 0.838. The first-order valence-electron chi connectivity index (χ1n) is 6.59. The Labute approximate surface area is 129 Å². The Morgan fingerprint density at radius 1 is 1.55 bits per heavy atom. The molecule has 1 aromatic rings. The number of nitrogens with one attached hydrogen (secondary N) is 1. The number of piperidine rings is 1. The molecule has 1 amide bonds. The first kappa shape index (κ1) is 15.1. The molecule has 0 aliphatic carbocycles. The summed E-state index contributed by atoms with van der Waals surface area (Å²) in [5.74, 6) is 0.0699. The number of hydrogen-bond donors (Lipinski definition) is 2. The Hall–Kier alpha value is -1.33. The summed E-state index contributed by atoms with van der Waals surface area (Å²) in [5, 5.41) is 3.35. The van der Waals surface area contributed by atoms with Gasteiger partial charge in [0.25, 0.3) is 0 Å². The van der Waals surface area contributed by atoms with Gasteiger partial charge in [0.2, 0.25) is 5.91 Å². The first-order chi connectivity index (χ1) is 9.52. The first-order valence-corrected chi connectivity index (χ1v) is 7.37. The number of halogens is 1. The number of hydrogen-bond acceptors (Lipinski definition) is 3. The van der Waals surface area contributed by atoms with Crippen molar-refractivity contribution in [2.75, 3.05) is 25.0 Å². The topological polar surface area (TPSA) is 58.4 Å². The van der Waals surface area contributed by atoms with E-state index in [0.717, 1.165) is 30.6 Å². The summed E-state index contributed by atoms with van der Waals surface area (Å²) in [4.78, 5) is 14.3. The molecule has 1 atom stereocenters. The fourth-order valence-corrected chi connectivity index (χ4v) is 2.93. The average molecular weight is 312 g/mol. The summed E-state index contributed by atoms with van der Waals surface area (Å²) in [6, 6.07) is 5.48. The number of benzene rings is 1. The molecular weight excluding hydrogens is 294 g/mol. The van der Waals surface area contributed by atoms with Crippen molar-refractivity contribution in [1.82, 2.24) is 5.32 Å². The zero-order valence-corrected chi connectivity index (χ0v) is 12.9. The Morgan fingerprint density at radius 3 is 2.95 bits per heavy atom. The molecule has 1 aromatic carbocycles. The Bertz CT molecular complexity index is 535. The molecule has 108 valence electrons. The molecule has 0 bridgehead atoms. The van der Waals surface area contributed by atoms with Gasteiger partial charge in [-0.1, -0.05) is 23.8 Å². The van der Waals surface area contributed by atoms with Gasteiger partial charge in [0.15, 0.2) is 0 Å². The highest BCUT2D eigenvalue weighted by Gasteiger charge is 2.26. The van der Waals surface area contributed by atoms with E-state index in [-0.39, 0.29) is 11.8 Å². The number of thiocarbonyl (C=S) groups is 1. The lowest BCUT2D eigenvalue weighted by Gasteiger charge is -2.34. The van der Waals surface area contributed by atoms with Crippen LogP contribution >= 0.6 is 23.8 Å². The van der Waals surface area contributed by atoms with E-state index >= 15 is 0 Å². The van der Waals surface area contributed by atoms with Crippen LogP contribution in [0.25, 0.3) is 0 Å². The second-order valence-corrected chi connectivity index (χ2v) is 5.80. The fraction of sp³-hybridized carbons (Fsp3) is 0.429. The highest BCUT2D eigenvalue weighted by atomic mass is 35.5.